The van der Waals surface area contributed by atoms with Crippen molar-refractivity contribution >= 4 is 23.4 Å². The average Bonchev–Trinajstić information content (AvgIpc) is 2.77. The molecule has 2 amide bonds. The van der Waals surface area contributed by atoms with Crippen molar-refractivity contribution in [2.75, 3.05) is 20.3 Å². The Balaban J connectivity index is 2.20. The van der Waals surface area contributed by atoms with E-state index < -0.39 is 6.04 Å². The second-order valence-electron chi connectivity index (χ2n) is 6.83. The number of carbonyl (C=O) groups excluding carboxylic acids is 2. The van der Waals surface area contributed by atoms with Crippen LogP contribution in [-0.2, 0) is 16.1 Å². The van der Waals surface area contributed by atoms with Gasteiger partial charge in [-0.15, -0.1) is 0 Å². The van der Waals surface area contributed by atoms with Crippen molar-refractivity contribution in [1.29, 1.82) is 0 Å². The summed E-state index contributed by atoms with van der Waals surface area (Å²) in [6.07, 6.45) is 1.32. The summed E-state index contributed by atoms with van der Waals surface area (Å²) in [5.41, 5.74) is 0.871. The Bertz CT molecular complexity index is 826. The van der Waals surface area contributed by atoms with Gasteiger partial charge in [0.25, 0.3) is 5.91 Å². The van der Waals surface area contributed by atoms with Crippen LogP contribution >= 0.6 is 11.6 Å². The van der Waals surface area contributed by atoms with Gasteiger partial charge in [0, 0.05) is 18.1 Å². The van der Waals surface area contributed by atoms with Crippen molar-refractivity contribution in [1.82, 2.24) is 10.2 Å². The summed E-state index contributed by atoms with van der Waals surface area (Å²) < 4.78 is 10.9. The minimum Gasteiger partial charge on any atom is -0.497 e. The van der Waals surface area contributed by atoms with Gasteiger partial charge in [-0.25, -0.2) is 0 Å². The molecule has 2 rings (SSSR count). The van der Waals surface area contributed by atoms with Crippen LogP contribution in [0.2, 0.25) is 5.02 Å². The third-order valence-electron chi connectivity index (χ3n) is 4.60. The molecule has 162 valence electrons. The summed E-state index contributed by atoms with van der Waals surface area (Å²) in [4.78, 5) is 27.4. The van der Waals surface area contributed by atoms with E-state index in [0.29, 0.717) is 29.5 Å². The van der Waals surface area contributed by atoms with Gasteiger partial charge in [0.05, 0.1) is 7.11 Å². The fraction of sp³-hybridized carbons (Fsp3) is 0.391. The quantitative estimate of drug-likeness (QED) is 0.581. The van der Waals surface area contributed by atoms with Crippen molar-refractivity contribution in [3.63, 3.8) is 0 Å². The minimum atomic E-state index is -0.593. The Morgan fingerprint density at radius 3 is 2.47 bits per heavy atom. The second kappa shape index (κ2) is 12.1. The lowest BCUT2D eigenvalue weighted by Crippen LogP contribution is -2.50. The molecule has 0 spiro atoms. The molecule has 0 heterocycles. The monoisotopic (exact) mass is 432 g/mol. The average molecular weight is 433 g/mol. The first-order valence-corrected chi connectivity index (χ1v) is 10.4. The number of nitrogens with zero attached hydrogens (tertiary/aromatic N) is 1. The second-order valence-corrected chi connectivity index (χ2v) is 7.27. The lowest BCUT2D eigenvalue weighted by atomic mass is 10.1. The van der Waals surface area contributed by atoms with Crippen LogP contribution in [0, 0.1) is 0 Å². The van der Waals surface area contributed by atoms with E-state index in [1.54, 1.807) is 36.3 Å². The first-order valence-electron chi connectivity index (χ1n) is 10.1. The van der Waals surface area contributed by atoms with Gasteiger partial charge in [-0.1, -0.05) is 37.6 Å². The number of methoxy groups -OCH3 is 1. The molecule has 6 nitrogen and oxygen atoms in total. The number of hydrogen-bond donors (Lipinski definition) is 1. The Labute approximate surface area is 183 Å². The summed E-state index contributed by atoms with van der Waals surface area (Å²) in [7, 11) is 1.59. The van der Waals surface area contributed by atoms with Gasteiger partial charge >= 0.3 is 0 Å². The van der Waals surface area contributed by atoms with Gasteiger partial charge in [0.1, 0.15) is 17.5 Å². The van der Waals surface area contributed by atoms with Gasteiger partial charge in [-0.3, -0.25) is 9.59 Å². The number of benzene rings is 2. The number of amides is 2. The molecule has 0 aliphatic heterocycles. The number of halogens is 1. The molecule has 0 aliphatic carbocycles. The van der Waals surface area contributed by atoms with Crippen LogP contribution in [0.3, 0.4) is 0 Å². The van der Waals surface area contributed by atoms with E-state index in [-0.39, 0.29) is 25.0 Å². The molecule has 30 heavy (non-hydrogen) atoms. The molecule has 0 aromatic heterocycles. The Morgan fingerprint density at radius 2 is 1.83 bits per heavy atom. The highest BCUT2D eigenvalue weighted by Gasteiger charge is 2.28. The first-order chi connectivity index (χ1) is 14.5. The number of ether oxygens (including phenoxy) is 2. The van der Waals surface area contributed by atoms with Gasteiger partial charge in [0.15, 0.2) is 6.61 Å². The Morgan fingerprint density at radius 1 is 1.10 bits per heavy atom. The fourth-order valence-electron chi connectivity index (χ4n) is 3.01. The molecule has 7 heteroatoms. The highest BCUT2D eigenvalue weighted by molar-refractivity contribution is 6.30. The number of hydrogen-bond acceptors (Lipinski definition) is 4. The Kier molecular flexibility index (Phi) is 9.48. The maximum Gasteiger partial charge on any atom is 0.261 e. The molecule has 0 radical (unpaired) electrons. The summed E-state index contributed by atoms with van der Waals surface area (Å²) in [6, 6.07) is 13.7. The van der Waals surface area contributed by atoms with Crippen molar-refractivity contribution in [3.8, 4) is 11.5 Å². The molecule has 2 aromatic carbocycles. The highest BCUT2D eigenvalue weighted by atomic mass is 35.5. The third-order valence-corrected chi connectivity index (χ3v) is 4.85. The van der Waals surface area contributed by atoms with Crippen LogP contribution in [0.5, 0.6) is 11.5 Å². The predicted octanol–water partition coefficient (Wildman–Crippen LogP) is 4.06. The van der Waals surface area contributed by atoms with E-state index in [2.05, 4.69) is 5.32 Å². The zero-order chi connectivity index (χ0) is 21.9. The van der Waals surface area contributed by atoms with Crippen molar-refractivity contribution < 1.29 is 19.1 Å². The fourth-order valence-corrected chi connectivity index (χ4v) is 3.14. The summed E-state index contributed by atoms with van der Waals surface area (Å²) >= 11 is 5.89. The molecule has 1 atom stereocenters. The van der Waals surface area contributed by atoms with E-state index in [1.807, 2.05) is 38.1 Å². The zero-order valence-corrected chi connectivity index (χ0v) is 18.4. The molecule has 0 fully saturated rings. The van der Waals surface area contributed by atoms with Gasteiger partial charge in [0.2, 0.25) is 5.91 Å². The largest absolute Gasteiger partial charge is 0.497 e. The Hall–Kier alpha value is -2.73. The SMILES string of the molecule is CCCNC(=O)C(CC)N(Cc1cccc(OC)c1)C(=O)COc1ccc(Cl)cc1. The van der Waals surface area contributed by atoms with E-state index in [1.165, 1.54) is 0 Å². The maximum atomic E-state index is 13.1. The molecule has 0 bridgehead atoms. The van der Waals surface area contributed by atoms with Crippen LogP contribution in [0.25, 0.3) is 0 Å². The van der Waals surface area contributed by atoms with Crippen molar-refractivity contribution in [2.24, 2.45) is 0 Å². The number of rotatable bonds is 11. The molecule has 1 unspecified atom stereocenters. The standard InChI is InChI=1S/C23H29ClN2O4/c1-4-13-25-23(28)21(5-2)26(15-17-7-6-8-20(14-17)29-3)22(27)16-30-19-11-9-18(24)10-12-19/h6-12,14,21H,4-5,13,15-16H2,1-3H3,(H,25,28). The topological polar surface area (TPSA) is 67.9 Å². The number of carbonyl (C=O) groups is 2. The predicted molar refractivity (Wildman–Crippen MR) is 118 cm³/mol. The lowest BCUT2D eigenvalue weighted by molar-refractivity contribution is -0.143. The van der Waals surface area contributed by atoms with Crippen LogP contribution in [0.1, 0.15) is 32.3 Å². The zero-order valence-electron chi connectivity index (χ0n) is 17.7. The molecule has 0 saturated carbocycles. The van der Waals surface area contributed by atoms with Crippen molar-refractivity contribution in [3.05, 3.63) is 59.1 Å². The highest BCUT2D eigenvalue weighted by Crippen LogP contribution is 2.19. The van der Waals surface area contributed by atoms with Crippen LogP contribution < -0.4 is 14.8 Å². The van der Waals surface area contributed by atoms with Gasteiger partial charge in [-0.2, -0.15) is 0 Å². The molecule has 0 aliphatic rings. The van der Waals surface area contributed by atoms with Crippen LogP contribution in [0.15, 0.2) is 48.5 Å². The number of nitrogens with one attached hydrogen (secondary N) is 1. The van der Waals surface area contributed by atoms with Crippen LogP contribution in [-0.4, -0.2) is 43.0 Å². The van der Waals surface area contributed by atoms with Gasteiger partial charge in [-0.05, 0) is 54.8 Å². The minimum absolute atomic E-state index is 0.165. The summed E-state index contributed by atoms with van der Waals surface area (Å²) in [5.74, 6) is 0.798. The molecular formula is C23H29ClN2O4. The van der Waals surface area contributed by atoms with E-state index in [0.717, 1.165) is 12.0 Å². The molecule has 1 N–H and O–H groups in total. The van der Waals surface area contributed by atoms with Gasteiger partial charge < -0.3 is 19.7 Å². The molecular weight excluding hydrogens is 404 g/mol. The molecule has 2 aromatic rings. The third kappa shape index (κ3) is 6.95. The summed E-state index contributed by atoms with van der Waals surface area (Å²) in [6.45, 7) is 4.54. The van der Waals surface area contributed by atoms with E-state index >= 15 is 0 Å². The van der Waals surface area contributed by atoms with Crippen LogP contribution in [0.4, 0.5) is 0 Å². The van der Waals surface area contributed by atoms with E-state index in [4.69, 9.17) is 21.1 Å². The lowest BCUT2D eigenvalue weighted by Gasteiger charge is -2.30. The van der Waals surface area contributed by atoms with Crippen molar-refractivity contribution in [2.45, 2.75) is 39.3 Å². The smallest absolute Gasteiger partial charge is 0.261 e. The molecule has 0 saturated heterocycles. The normalized spacial score (nSPS) is 11.5. The van der Waals surface area contributed by atoms with E-state index in [9.17, 15) is 9.59 Å². The maximum absolute atomic E-state index is 13.1. The summed E-state index contributed by atoms with van der Waals surface area (Å²) in [5, 5.41) is 3.48. The first kappa shape index (κ1) is 23.5.